The normalized spacial score (nSPS) is 11.6. The van der Waals surface area contributed by atoms with Gasteiger partial charge in [0.05, 0.1) is 12.5 Å². The molecule has 2 aromatic carbocycles. The van der Waals surface area contributed by atoms with Gasteiger partial charge in [0.15, 0.2) is 0 Å². The molecule has 0 aliphatic carbocycles. The van der Waals surface area contributed by atoms with Gasteiger partial charge >= 0.3 is 0 Å². The molecular weight excluding hydrogens is 360 g/mol. The average molecular weight is 380 g/mol. The molecule has 3 rings (SSSR count). The van der Waals surface area contributed by atoms with Gasteiger partial charge in [-0.15, -0.1) is 10.2 Å². The van der Waals surface area contributed by atoms with Crippen LogP contribution in [0.3, 0.4) is 0 Å². The molecule has 27 heavy (non-hydrogen) atoms. The van der Waals surface area contributed by atoms with Crippen LogP contribution in [-0.2, 0) is 9.59 Å². The van der Waals surface area contributed by atoms with Crippen molar-refractivity contribution >= 4 is 28.3 Å². The molecule has 6 nitrogen and oxygen atoms in total. The first-order valence-corrected chi connectivity index (χ1v) is 9.35. The topological polar surface area (TPSA) is 84.0 Å². The number of carbonyl (C=O) groups is 2. The van der Waals surface area contributed by atoms with Crippen LogP contribution in [0.25, 0.3) is 10.6 Å². The molecule has 0 aliphatic heterocycles. The van der Waals surface area contributed by atoms with E-state index in [0.29, 0.717) is 5.13 Å². The molecule has 138 valence electrons. The summed E-state index contributed by atoms with van der Waals surface area (Å²) in [6, 6.07) is 17.0. The summed E-state index contributed by atoms with van der Waals surface area (Å²) in [5, 5.41) is 14.9. The number of carbonyl (C=O) groups excluding carboxylic acids is 2. The molecule has 1 aromatic heterocycles. The third kappa shape index (κ3) is 5.21. The van der Waals surface area contributed by atoms with Crippen molar-refractivity contribution in [1.82, 2.24) is 15.5 Å². The van der Waals surface area contributed by atoms with E-state index >= 15 is 0 Å². The molecule has 0 bridgehead atoms. The minimum atomic E-state index is -0.399. The Morgan fingerprint density at radius 1 is 1.04 bits per heavy atom. The SMILES string of the molecule is CC(=O)NC(CC(=O)Nc1nnc(-c2ccccc2)s1)c1ccc(C)cc1. The molecular formula is C20H20N4O2S. The molecule has 1 heterocycles. The Labute approximate surface area is 161 Å². The number of nitrogens with zero attached hydrogens (tertiary/aromatic N) is 2. The summed E-state index contributed by atoms with van der Waals surface area (Å²) >= 11 is 1.31. The summed E-state index contributed by atoms with van der Waals surface area (Å²) in [4.78, 5) is 24.0. The summed E-state index contributed by atoms with van der Waals surface area (Å²) in [7, 11) is 0. The highest BCUT2D eigenvalue weighted by Crippen LogP contribution is 2.26. The van der Waals surface area contributed by atoms with E-state index in [1.165, 1.54) is 18.3 Å². The van der Waals surface area contributed by atoms with Crippen LogP contribution in [-0.4, -0.2) is 22.0 Å². The van der Waals surface area contributed by atoms with Gasteiger partial charge in [0.1, 0.15) is 5.01 Å². The standard InChI is InChI=1S/C20H20N4O2S/c1-13-8-10-15(11-9-13)17(21-14(2)25)12-18(26)22-20-24-23-19(27-20)16-6-4-3-5-7-16/h3-11,17H,12H2,1-2H3,(H,21,25)(H,22,24,26). The fourth-order valence-electron chi connectivity index (χ4n) is 2.62. The van der Waals surface area contributed by atoms with Gasteiger partial charge in [0.2, 0.25) is 16.9 Å². The van der Waals surface area contributed by atoms with Crippen molar-refractivity contribution in [2.75, 3.05) is 5.32 Å². The van der Waals surface area contributed by atoms with Crippen molar-refractivity contribution < 1.29 is 9.59 Å². The predicted octanol–water partition coefficient (Wildman–Crippen LogP) is 3.72. The van der Waals surface area contributed by atoms with Gasteiger partial charge in [-0.3, -0.25) is 9.59 Å². The van der Waals surface area contributed by atoms with Crippen LogP contribution >= 0.6 is 11.3 Å². The highest BCUT2D eigenvalue weighted by Gasteiger charge is 2.18. The molecule has 0 spiro atoms. The summed E-state index contributed by atoms with van der Waals surface area (Å²) in [6.07, 6.45) is 0.114. The molecule has 0 saturated carbocycles. The number of hydrogen-bond donors (Lipinski definition) is 2. The third-order valence-electron chi connectivity index (χ3n) is 3.94. The van der Waals surface area contributed by atoms with Crippen LogP contribution in [0.2, 0.25) is 0 Å². The number of anilines is 1. The molecule has 2 N–H and O–H groups in total. The first-order valence-electron chi connectivity index (χ1n) is 8.53. The highest BCUT2D eigenvalue weighted by atomic mass is 32.1. The Morgan fingerprint density at radius 3 is 2.41 bits per heavy atom. The van der Waals surface area contributed by atoms with E-state index in [1.807, 2.05) is 61.5 Å². The summed E-state index contributed by atoms with van der Waals surface area (Å²) in [5.41, 5.74) is 2.95. The molecule has 1 unspecified atom stereocenters. The van der Waals surface area contributed by atoms with E-state index < -0.39 is 6.04 Å². The van der Waals surface area contributed by atoms with Crippen molar-refractivity contribution in [3.8, 4) is 10.6 Å². The first-order chi connectivity index (χ1) is 13.0. The van der Waals surface area contributed by atoms with Gasteiger partial charge in [-0.05, 0) is 12.5 Å². The lowest BCUT2D eigenvalue weighted by Gasteiger charge is -2.18. The quantitative estimate of drug-likeness (QED) is 0.683. The Kier molecular flexibility index (Phi) is 5.93. The summed E-state index contributed by atoms with van der Waals surface area (Å²) < 4.78 is 0. The predicted molar refractivity (Wildman–Crippen MR) is 106 cm³/mol. The number of hydrogen-bond acceptors (Lipinski definition) is 5. The molecule has 3 aromatic rings. The second kappa shape index (κ2) is 8.55. The van der Waals surface area contributed by atoms with Crippen molar-refractivity contribution in [3.63, 3.8) is 0 Å². The van der Waals surface area contributed by atoms with E-state index in [2.05, 4.69) is 20.8 Å². The Hall–Kier alpha value is -3.06. The lowest BCUT2D eigenvalue weighted by atomic mass is 10.0. The van der Waals surface area contributed by atoms with Gasteiger partial charge < -0.3 is 10.6 Å². The fourth-order valence-corrected chi connectivity index (χ4v) is 3.39. The van der Waals surface area contributed by atoms with E-state index in [9.17, 15) is 9.59 Å². The Bertz CT molecular complexity index is 923. The van der Waals surface area contributed by atoms with Crippen LogP contribution < -0.4 is 10.6 Å². The fraction of sp³-hybridized carbons (Fsp3) is 0.200. The number of amides is 2. The lowest BCUT2D eigenvalue weighted by molar-refractivity contribution is -0.120. The van der Waals surface area contributed by atoms with Gasteiger partial charge in [-0.2, -0.15) is 0 Å². The van der Waals surface area contributed by atoms with Gasteiger partial charge in [0, 0.05) is 12.5 Å². The molecule has 0 fully saturated rings. The van der Waals surface area contributed by atoms with Crippen molar-refractivity contribution in [2.45, 2.75) is 26.3 Å². The van der Waals surface area contributed by atoms with E-state index in [4.69, 9.17) is 0 Å². The van der Waals surface area contributed by atoms with Crippen LogP contribution in [0, 0.1) is 6.92 Å². The number of benzene rings is 2. The van der Waals surface area contributed by atoms with Crippen LogP contribution in [0.4, 0.5) is 5.13 Å². The maximum absolute atomic E-state index is 12.5. The number of aryl methyl sites for hydroxylation is 1. The van der Waals surface area contributed by atoms with Crippen molar-refractivity contribution in [2.24, 2.45) is 0 Å². The number of nitrogens with one attached hydrogen (secondary N) is 2. The van der Waals surface area contributed by atoms with Crippen LogP contribution in [0.5, 0.6) is 0 Å². The second-order valence-electron chi connectivity index (χ2n) is 6.19. The lowest BCUT2D eigenvalue weighted by Crippen LogP contribution is -2.29. The van der Waals surface area contributed by atoms with Crippen LogP contribution in [0.1, 0.15) is 30.5 Å². The minimum Gasteiger partial charge on any atom is -0.349 e. The van der Waals surface area contributed by atoms with Gasteiger partial charge in [-0.1, -0.05) is 71.5 Å². The largest absolute Gasteiger partial charge is 0.349 e. The monoisotopic (exact) mass is 380 g/mol. The van der Waals surface area contributed by atoms with E-state index in [0.717, 1.165) is 21.7 Å². The Morgan fingerprint density at radius 2 is 1.74 bits per heavy atom. The van der Waals surface area contributed by atoms with Crippen molar-refractivity contribution in [3.05, 3.63) is 65.7 Å². The van der Waals surface area contributed by atoms with E-state index in [-0.39, 0.29) is 18.2 Å². The molecule has 0 saturated heterocycles. The number of rotatable bonds is 6. The minimum absolute atomic E-state index is 0.114. The molecule has 0 aliphatic rings. The second-order valence-corrected chi connectivity index (χ2v) is 7.17. The first kappa shape index (κ1) is 18.7. The molecule has 7 heteroatoms. The Balaban J connectivity index is 1.68. The number of aromatic nitrogens is 2. The van der Waals surface area contributed by atoms with Gasteiger partial charge in [0.25, 0.3) is 0 Å². The maximum atomic E-state index is 12.5. The molecule has 1 atom stereocenters. The molecule has 0 radical (unpaired) electrons. The average Bonchev–Trinajstić information content (AvgIpc) is 3.10. The molecule has 2 amide bonds. The smallest absolute Gasteiger partial charge is 0.228 e. The third-order valence-corrected chi connectivity index (χ3v) is 4.83. The summed E-state index contributed by atoms with van der Waals surface area (Å²) in [5.74, 6) is -0.416. The highest BCUT2D eigenvalue weighted by molar-refractivity contribution is 7.18. The van der Waals surface area contributed by atoms with Crippen molar-refractivity contribution in [1.29, 1.82) is 0 Å². The zero-order chi connectivity index (χ0) is 19.2. The van der Waals surface area contributed by atoms with Crippen LogP contribution in [0.15, 0.2) is 54.6 Å². The van der Waals surface area contributed by atoms with E-state index in [1.54, 1.807) is 0 Å². The zero-order valence-corrected chi connectivity index (χ0v) is 15.9. The zero-order valence-electron chi connectivity index (χ0n) is 15.1. The maximum Gasteiger partial charge on any atom is 0.228 e. The van der Waals surface area contributed by atoms with Gasteiger partial charge in [-0.25, -0.2) is 0 Å². The summed E-state index contributed by atoms with van der Waals surface area (Å²) in [6.45, 7) is 3.43.